The number of likely N-dealkylation sites (tertiary alicyclic amines) is 1. The number of nitrogens with zero attached hydrogens (tertiary/aromatic N) is 4. The fourth-order valence-corrected chi connectivity index (χ4v) is 6.71. The van der Waals surface area contributed by atoms with Crippen molar-refractivity contribution < 1.29 is 17.6 Å². The van der Waals surface area contributed by atoms with Crippen LogP contribution in [0.2, 0.25) is 0 Å². The number of fused-ring (bicyclic) bond motifs is 2. The first-order valence-electron chi connectivity index (χ1n) is 12.6. The molecule has 0 bridgehead atoms. The predicted octanol–water partition coefficient (Wildman–Crippen LogP) is 5.29. The van der Waals surface area contributed by atoms with Gasteiger partial charge in [0.15, 0.2) is 0 Å². The summed E-state index contributed by atoms with van der Waals surface area (Å²) in [4.78, 5) is 13.6. The minimum atomic E-state index is -3.93. The molecule has 5 aromatic rings. The molecule has 38 heavy (non-hydrogen) atoms. The molecule has 3 aromatic carbocycles. The van der Waals surface area contributed by atoms with Gasteiger partial charge in [0.1, 0.15) is 5.82 Å². The first kappa shape index (κ1) is 24.4. The van der Waals surface area contributed by atoms with E-state index in [1.165, 1.54) is 24.3 Å². The topological polar surface area (TPSA) is 77.2 Å². The van der Waals surface area contributed by atoms with Crippen molar-refractivity contribution in [3.63, 3.8) is 0 Å². The lowest BCUT2D eigenvalue weighted by molar-refractivity contribution is -0.130. The summed E-state index contributed by atoms with van der Waals surface area (Å²) >= 11 is 0. The molecule has 1 aliphatic heterocycles. The smallest absolute Gasteiger partial charge is 0.268 e. The van der Waals surface area contributed by atoms with Crippen LogP contribution in [0.15, 0.2) is 84.0 Å². The molecule has 0 saturated carbocycles. The van der Waals surface area contributed by atoms with Gasteiger partial charge in [0.25, 0.3) is 10.0 Å². The number of carbonyl (C=O) groups excluding carboxylic acids is 1. The third-order valence-corrected chi connectivity index (χ3v) is 9.09. The lowest BCUT2D eigenvalue weighted by Crippen LogP contribution is -2.38. The van der Waals surface area contributed by atoms with Crippen molar-refractivity contribution in [3.8, 4) is 11.1 Å². The number of hydrogen-bond acceptors (Lipinski definition) is 4. The van der Waals surface area contributed by atoms with E-state index < -0.39 is 15.8 Å². The number of halogens is 1. The lowest BCUT2D eigenvalue weighted by Gasteiger charge is -2.31. The number of aromatic nitrogens is 3. The van der Waals surface area contributed by atoms with E-state index in [1.54, 1.807) is 37.4 Å². The Kier molecular flexibility index (Phi) is 6.03. The van der Waals surface area contributed by atoms with Gasteiger partial charge in [0.05, 0.1) is 15.9 Å². The Balaban J connectivity index is 1.35. The van der Waals surface area contributed by atoms with Gasteiger partial charge in [-0.3, -0.25) is 9.48 Å². The molecule has 7 nitrogen and oxygen atoms in total. The molecule has 0 aliphatic carbocycles. The average molecular weight is 531 g/mol. The highest BCUT2D eigenvalue weighted by atomic mass is 32.2. The molecule has 0 atom stereocenters. The molecule has 194 valence electrons. The zero-order chi connectivity index (χ0) is 26.4. The normalized spacial score (nSPS) is 14.9. The first-order chi connectivity index (χ1) is 18.3. The number of benzene rings is 3. The Labute approximate surface area is 220 Å². The molecule has 0 unspecified atom stereocenters. The minimum Gasteiger partial charge on any atom is -0.343 e. The van der Waals surface area contributed by atoms with E-state index in [1.807, 2.05) is 34.0 Å². The van der Waals surface area contributed by atoms with E-state index in [0.29, 0.717) is 16.9 Å². The van der Waals surface area contributed by atoms with E-state index in [2.05, 4.69) is 0 Å². The van der Waals surface area contributed by atoms with Crippen molar-refractivity contribution in [1.29, 1.82) is 0 Å². The van der Waals surface area contributed by atoms with E-state index in [4.69, 9.17) is 5.10 Å². The van der Waals surface area contributed by atoms with Crippen LogP contribution in [0.5, 0.6) is 0 Å². The van der Waals surface area contributed by atoms with Crippen LogP contribution in [0.3, 0.4) is 0 Å². The molecule has 3 heterocycles. The van der Waals surface area contributed by atoms with Gasteiger partial charge in [-0.15, -0.1) is 0 Å². The number of piperidine rings is 1. The zero-order valence-electron chi connectivity index (χ0n) is 20.9. The molecule has 6 rings (SSSR count). The van der Waals surface area contributed by atoms with Crippen LogP contribution in [0.25, 0.3) is 32.9 Å². The van der Waals surface area contributed by atoms with Gasteiger partial charge in [-0.2, -0.15) is 5.10 Å². The maximum Gasteiger partial charge on any atom is 0.268 e. The highest BCUT2D eigenvalue weighted by Gasteiger charge is 2.23. The standard InChI is InChI=1S/C29H27FN4O3S/c1-20(35)32-13-11-21(12-14-32)17-33-18-23-8-7-22(15-28(23)31-33)27-19-34(29-16-24(30)9-10-26(27)29)38(36,37)25-5-3-2-4-6-25/h2-10,15-16,18-19,21H,11-14,17H2,1H3. The van der Waals surface area contributed by atoms with Crippen molar-refractivity contribution in [1.82, 2.24) is 18.7 Å². The van der Waals surface area contributed by atoms with Gasteiger partial charge in [0.2, 0.25) is 5.91 Å². The van der Waals surface area contributed by atoms with Crippen molar-refractivity contribution in [3.05, 3.63) is 84.9 Å². The summed E-state index contributed by atoms with van der Waals surface area (Å²) < 4.78 is 44.3. The van der Waals surface area contributed by atoms with Crippen molar-refractivity contribution in [2.45, 2.75) is 31.2 Å². The molecule has 0 radical (unpaired) electrons. The largest absolute Gasteiger partial charge is 0.343 e. The monoisotopic (exact) mass is 530 g/mol. The molecule has 1 aliphatic rings. The fourth-order valence-electron chi connectivity index (χ4n) is 5.33. The Morgan fingerprint density at radius 2 is 1.76 bits per heavy atom. The second-order valence-corrected chi connectivity index (χ2v) is 11.7. The summed E-state index contributed by atoms with van der Waals surface area (Å²) in [5.74, 6) is 0.0758. The number of amides is 1. The predicted molar refractivity (Wildman–Crippen MR) is 145 cm³/mol. The minimum absolute atomic E-state index is 0.126. The van der Waals surface area contributed by atoms with Crippen LogP contribution in [0.1, 0.15) is 19.8 Å². The third-order valence-electron chi connectivity index (χ3n) is 7.40. The SMILES string of the molecule is CC(=O)N1CCC(Cn2cc3ccc(-c4cn(S(=O)(=O)c5ccccc5)c5cc(F)ccc45)cc3n2)CC1. The number of rotatable bonds is 5. The van der Waals surface area contributed by atoms with Gasteiger partial charge in [0, 0.05) is 55.3 Å². The second kappa shape index (κ2) is 9.40. The van der Waals surface area contributed by atoms with Gasteiger partial charge in [-0.25, -0.2) is 16.8 Å². The maximum atomic E-state index is 14.2. The van der Waals surface area contributed by atoms with Gasteiger partial charge < -0.3 is 4.90 Å². The van der Waals surface area contributed by atoms with Crippen molar-refractivity contribution >= 4 is 37.7 Å². The lowest BCUT2D eigenvalue weighted by atomic mass is 9.97. The molecule has 1 amide bonds. The molecule has 2 aromatic heterocycles. The van der Waals surface area contributed by atoms with E-state index in [-0.39, 0.29) is 16.3 Å². The number of carbonyl (C=O) groups is 1. The quantitative estimate of drug-likeness (QED) is 0.309. The summed E-state index contributed by atoms with van der Waals surface area (Å²) in [7, 11) is -3.93. The van der Waals surface area contributed by atoms with E-state index in [0.717, 1.165) is 52.9 Å². The molecular formula is C29H27FN4O3S. The molecule has 0 spiro atoms. The second-order valence-electron chi connectivity index (χ2n) is 9.89. The summed E-state index contributed by atoms with van der Waals surface area (Å²) in [5.41, 5.74) is 2.58. The van der Waals surface area contributed by atoms with Crippen LogP contribution in [0.4, 0.5) is 4.39 Å². The zero-order valence-corrected chi connectivity index (χ0v) is 21.7. The summed E-state index contributed by atoms with van der Waals surface area (Å²) in [6.45, 7) is 3.95. The molecule has 9 heteroatoms. The summed E-state index contributed by atoms with van der Waals surface area (Å²) in [5, 5.41) is 6.42. The third kappa shape index (κ3) is 4.36. The highest BCUT2D eigenvalue weighted by molar-refractivity contribution is 7.90. The van der Waals surface area contributed by atoms with Crippen molar-refractivity contribution in [2.75, 3.05) is 13.1 Å². The van der Waals surface area contributed by atoms with Crippen LogP contribution in [0, 0.1) is 11.7 Å². The maximum absolute atomic E-state index is 14.2. The number of hydrogen-bond donors (Lipinski definition) is 0. The molecule has 1 fully saturated rings. The Morgan fingerprint density at radius 3 is 2.50 bits per heavy atom. The highest BCUT2D eigenvalue weighted by Crippen LogP contribution is 2.35. The van der Waals surface area contributed by atoms with Crippen LogP contribution >= 0.6 is 0 Å². The van der Waals surface area contributed by atoms with Gasteiger partial charge in [-0.05, 0) is 60.7 Å². The molecule has 0 N–H and O–H groups in total. The fraction of sp³-hybridized carbons (Fsp3) is 0.241. The van der Waals surface area contributed by atoms with Crippen LogP contribution in [-0.2, 0) is 21.4 Å². The Bertz CT molecular complexity index is 1770. The van der Waals surface area contributed by atoms with Gasteiger partial charge >= 0.3 is 0 Å². The average Bonchev–Trinajstić information content (AvgIpc) is 3.50. The summed E-state index contributed by atoms with van der Waals surface area (Å²) in [6, 6.07) is 18.2. The Hall–Kier alpha value is -3.98. The van der Waals surface area contributed by atoms with Crippen molar-refractivity contribution in [2.24, 2.45) is 5.92 Å². The van der Waals surface area contributed by atoms with Gasteiger partial charge in [-0.1, -0.05) is 30.3 Å². The Morgan fingerprint density at radius 1 is 1.00 bits per heavy atom. The van der Waals surface area contributed by atoms with E-state index >= 15 is 0 Å². The first-order valence-corrected chi connectivity index (χ1v) is 14.1. The van der Waals surface area contributed by atoms with Crippen LogP contribution < -0.4 is 0 Å². The van der Waals surface area contributed by atoms with Crippen LogP contribution in [-0.4, -0.2) is 46.1 Å². The summed E-state index contributed by atoms with van der Waals surface area (Å²) in [6.07, 6.45) is 5.49. The molecule has 1 saturated heterocycles. The molecular weight excluding hydrogens is 503 g/mol. The van der Waals surface area contributed by atoms with E-state index in [9.17, 15) is 17.6 Å².